The number of carbonyl (C=O) groups excluding carboxylic acids is 1. The highest BCUT2D eigenvalue weighted by Crippen LogP contribution is 2.32. The van der Waals surface area contributed by atoms with Crippen molar-refractivity contribution in [3.05, 3.63) is 22.1 Å². The van der Waals surface area contributed by atoms with Gasteiger partial charge >= 0.3 is 12.1 Å². The molecule has 9 nitrogen and oxygen atoms in total. The van der Waals surface area contributed by atoms with Crippen molar-refractivity contribution >= 4 is 19.7 Å². The van der Waals surface area contributed by atoms with E-state index < -0.39 is 49.2 Å². The monoisotopic (exact) mass is 497 g/mol. The summed E-state index contributed by atoms with van der Waals surface area (Å²) in [6, 6.07) is 0.0545. The van der Waals surface area contributed by atoms with Gasteiger partial charge in [-0.25, -0.2) is 4.68 Å². The van der Waals surface area contributed by atoms with Crippen LogP contribution in [-0.2, 0) is 36.6 Å². The zero-order chi connectivity index (χ0) is 25.2. The molecule has 0 radical (unpaired) electrons. The summed E-state index contributed by atoms with van der Waals surface area (Å²) in [6.07, 6.45) is -4.56. The summed E-state index contributed by atoms with van der Waals surface area (Å²) in [5.74, 6) is -0.474. The third kappa shape index (κ3) is 10.2. The number of hydrogen-bond donors (Lipinski definition) is 1. The third-order valence-corrected chi connectivity index (χ3v) is 6.50. The van der Waals surface area contributed by atoms with Gasteiger partial charge in [-0.1, -0.05) is 19.6 Å². The van der Waals surface area contributed by atoms with Gasteiger partial charge in [0.1, 0.15) is 12.3 Å². The molecular formula is C20H34F3N3O6Si. The van der Waals surface area contributed by atoms with Crippen LogP contribution in [0.15, 0.2) is 11.0 Å². The second-order valence-electron chi connectivity index (χ2n) is 8.68. The molecule has 1 aromatic rings. The van der Waals surface area contributed by atoms with Crippen molar-refractivity contribution in [3.8, 4) is 0 Å². The summed E-state index contributed by atoms with van der Waals surface area (Å²) in [5, 5.41) is 6.51. The highest BCUT2D eigenvalue weighted by atomic mass is 28.3. The average Bonchev–Trinajstić information content (AvgIpc) is 2.71. The molecule has 0 bridgehead atoms. The van der Waals surface area contributed by atoms with Gasteiger partial charge in [0.25, 0.3) is 5.56 Å². The lowest BCUT2D eigenvalue weighted by atomic mass is 10.1. The molecule has 190 valence electrons. The second kappa shape index (κ2) is 13.1. The number of nitrogens with zero attached hydrogens (tertiary/aromatic N) is 2. The molecule has 0 fully saturated rings. The molecular weight excluding hydrogens is 463 g/mol. The number of halogens is 3. The summed E-state index contributed by atoms with van der Waals surface area (Å²) in [4.78, 5) is 23.8. The minimum absolute atomic E-state index is 0.00626. The van der Waals surface area contributed by atoms with Crippen LogP contribution in [0.4, 0.5) is 18.9 Å². The highest BCUT2D eigenvalue weighted by Gasteiger charge is 2.39. The molecule has 33 heavy (non-hydrogen) atoms. The molecule has 1 N–H and O–H groups in total. The van der Waals surface area contributed by atoms with Gasteiger partial charge in [-0.2, -0.15) is 18.3 Å². The first-order chi connectivity index (χ1) is 15.3. The molecule has 1 rings (SSSR count). The van der Waals surface area contributed by atoms with Gasteiger partial charge in [-0.05, 0) is 13.0 Å². The van der Waals surface area contributed by atoms with E-state index in [1.165, 1.54) is 14.2 Å². The second-order valence-corrected chi connectivity index (χ2v) is 14.3. The first-order valence-electron chi connectivity index (χ1n) is 10.5. The summed E-state index contributed by atoms with van der Waals surface area (Å²) in [6.45, 7) is 7.95. The van der Waals surface area contributed by atoms with Crippen molar-refractivity contribution in [1.29, 1.82) is 0 Å². The first kappa shape index (κ1) is 29.1. The molecule has 0 aromatic carbocycles. The Morgan fingerprint density at radius 1 is 1.21 bits per heavy atom. The SMILES string of the molecule is COC(=O)CCOCC(Nc1cnn(COCC[Si](C)(C)C)c(=O)c1C(F)(F)F)C(C)OC. The van der Waals surface area contributed by atoms with E-state index in [0.717, 1.165) is 12.2 Å². The van der Waals surface area contributed by atoms with Crippen molar-refractivity contribution in [3.63, 3.8) is 0 Å². The molecule has 0 aliphatic heterocycles. The third-order valence-electron chi connectivity index (χ3n) is 4.79. The fraction of sp³-hybridized carbons (Fsp3) is 0.750. The molecule has 0 aliphatic rings. The van der Waals surface area contributed by atoms with E-state index in [4.69, 9.17) is 14.2 Å². The highest BCUT2D eigenvalue weighted by molar-refractivity contribution is 6.76. The Morgan fingerprint density at radius 3 is 2.42 bits per heavy atom. The first-order valence-corrected chi connectivity index (χ1v) is 14.2. The van der Waals surface area contributed by atoms with Gasteiger partial charge in [-0.3, -0.25) is 9.59 Å². The van der Waals surface area contributed by atoms with Gasteiger partial charge < -0.3 is 24.3 Å². The number of esters is 1. The minimum atomic E-state index is -4.92. The maximum absolute atomic E-state index is 13.8. The van der Waals surface area contributed by atoms with Gasteiger partial charge in [0.05, 0.1) is 50.8 Å². The molecule has 0 saturated carbocycles. The predicted molar refractivity (Wildman–Crippen MR) is 119 cm³/mol. The average molecular weight is 498 g/mol. The quantitative estimate of drug-likeness (QED) is 0.238. The van der Waals surface area contributed by atoms with E-state index in [9.17, 15) is 22.8 Å². The largest absolute Gasteiger partial charge is 0.469 e. The number of rotatable bonds is 14. The number of nitrogens with one attached hydrogen (secondary N) is 1. The van der Waals surface area contributed by atoms with Crippen molar-refractivity contribution < 1.29 is 36.9 Å². The minimum Gasteiger partial charge on any atom is -0.469 e. The maximum Gasteiger partial charge on any atom is 0.423 e. The van der Waals surface area contributed by atoms with Gasteiger partial charge in [-0.15, -0.1) is 0 Å². The number of aromatic nitrogens is 2. The Morgan fingerprint density at radius 2 is 1.88 bits per heavy atom. The molecule has 2 atom stereocenters. The zero-order valence-corrected chi connectivity index (χ0v) is 21.0. The topological polar surface area (TPSA) is 101 Å². The zero-order valence-electron chi connectivity index (χ0n) is 20.0. The van der Waals surface area contributed by atoms with Crippen LogP contribution in [-0.4, -0.2) is 70.0 Å². The Bertz CT molecular complexity index is 814. The molecule has 2 unspecified atom stereocenters. The van der Waals surface area contributed by atoms with Crippen LogP contribution in [0.5, 0.6) is 0 Å². The van der Waals surface area contributed by atoms with Gasteiger partial charge in [0.2, 0.25) is 0 Å². The van der Waals surface area contributed by atoms with Crippen molar-refractivity contribution in [2.45, 2.75) is 64.1 Å². The van der Waals surface area contributed by atoms with E-state index in [2.05, 4.69) is 34.8 Å². The number of alkyl halides is 3. The summed E-state index contributed by atoms with van der Waals surface area (Å²) < 4.78 is 62.5. The van der Waals surface area contributed by atoms with E-state index in [1.807, 2.05) is 0 Å². The van der Waals surface area contributed by atoms with Crippen LogP contribution >= 0.6 is 0 Å². The van der Waals surface area contributed by atoms with Crippen LogP contribution < -0.4 is 10.9 Å². The van der Waals surface area contributed by atoms with Gasteiger partial charge in [0, 0.05) is 21.8 Å². The molecule has 13 heteroatoms. The van der Waals surface area contributed by atoms with Gasteiger partial charge in [0.15, 0.2) is 0 Å². The molecule has 0 spiro atoms. The van der Waals surface area contributed by atoms with Crippen LogP contribution in [0.25, 0.3) is 0 Å². The maximum atomic E-state index is 13.8. The van der Waals surface area contributed by atoms with Crippen LogP contribution in [0.1, 0.15) is 18.9 Å². The Labute approximate surface area is 192 Å². The fourth-order valence-corrected chi connectivity index (χ4v) is 3.38. The lowest BCUT2D eigenvalue weighted by Gasteiger charge is -2.26. The number of anilines is 1. The Balaban J connectivity index is 3.02. The van der Waals surface area contributed by atoms with Crippen LogP contribution in [0, 0.1) is 0 Å². The smallest absolute Gasteiger partial charge is 0.423 e. The lowest BCUT2D eigenvalue weighted by Crippen LogP contribution is -2.40. The van der Waals surface area contributed by atoms with E-state index in [1.54, 1.807) is 6.92 Å². The molecule has 0 aliphatic carbocycles. The fourth-order valence-electron chi connectivity index (χ4n) is 2.62. The number of carbonyl (C=O) groups is 1. The molecule has 1 heterocycles. The van der Waals surface area contributed by atoms with E-state index in [-0.39, 0.29) is 26.4 Å². The normalized spacial score (nSPS) is 14.1. The Hall–Kier alpha value is -1.96. The molecule has 0 amide bonds. The molecule has 1 aromatic heterocycles. The summed E-state index contributed by atoms with van der Waals surface area (Å²) >= 11 is 0. The summed E-state index contributed by atoms with van der Waals surface area (Å²) in [7, 11) is 1.25. The Kier molecular flexibility index (Phi) is 11.5. The predicted octanol–water partition coefficient (Wildman–Crippen LogP) is 2.97. The van der Waals surface area contributed by atoms with E-state index >= 15 is 0 Å². The van der Waals surface area contributed by atoms with Crippen LogP contribution in [0.3, 0.4) is 0 Å². The lowest BCUT2D eigenvalue weighted by molar-refractivity contribution is -0.142. The van der Waals surface area contributed by atoms with Crippen LogP contribution in [0.2, 0.25) is 25.7 Å². The number of methoxy groups -OCH3 is 2. The van der Waals surface area contributed by atoms with Crippen molar-refractivity contribution in [1.82, 2.24) is 9.78 Å². The van der Waals surface area contributed by atoms with E-state index in [0.29, 0.717) is 11.3 Å². The number of ether oxygens (including phenoxy) is 4. The molecule has 0 saturated heterocycles. The standard InChI is InChI=1S/C20H34F3N3O6Si/c1-14(29-2)16(12-31-8-7-17(27)30-3)25-15-11-24-26(13-32-9-10-33(4,5)6)19(28)18(15)20(21,22)23/h11,14,16,25H,7-10,12-13H2,1-6H3. The van der Waals surface area contributed by atoms with Crippen molar-refractivity contribution in [2.24, 2.45) is 0 Å². The van der Waals surface area contributed by atoms with Crippen molar-refractivity contribution in [2.75, 3.05) is 39.4 Å². The summed E-state index contributed by atoms with van der Waals surface area (Å²) in [5.41, 5.74) is -3.18. The number of hydrogen-bond acceptors (Lipinski definition) is 8.